The summed E-state index contributed by atoms with van der Waals surface area (Å²) in [6.07, 6.45) is -9.48. The summed E-state index contributed by atoms with van der Waals surface area (Å²) in [5.74, 6) is -0.871. The van der Waals surface area contributed by atoms with Gasteiger partial charge in [-0.1, -0.05) is 0 Å². The molecule has 0 saturated heterocycles. The Morgan fingerprint density at radius 1 is 1.18 bits per heavy atom. The molecule has 1 amide bonds. The first-order valence-electron chi connectivity index (χ1n) is 4.41. The second-order valence-electron chi connectivity index (χ2n) is 3.55. The number of alkyl halides is 6. The second kappa shape index (κ2) is 4.21. The number of nitrogens with one attached hydrogen (secondary N) is 2. The maximum atomic E-state index is 12.2. The van der Waals surface area contributed by atoms with E-state index in [0.717, 1.165) is 12.2 Å². The number of carbonyl (C=O) groups is 1. The molecule has 1 aliphatic rings. The van der Waals surface area contributed by atoms with Crippen LogP contribution in [0.25, 0.3) is 0 Å². The van der Waals surface area contributed by atoms with E-state index in [1.807, 2.05) is 5.32 Å². The van der Waals surface area contributed by atoms with E-state index in [1.165, 1.54) is 0 Å². The fourth-order valence-corrected chi connectivity index (χ4v) is 1.36. The Morgan fingerprint density at radius 3 is 2.12 bits per heavy atom. The molecule has 1 unspecified atom stereocenters. The summed E-state index contributed by atoms with van der Waals surface area (Å²) in [5, 5.41) is 3.47. The minimum absolute atomic E-state index is 0.745. The van der Waals surface area contributed by atoms with Gasteiger partial charge in [-0.2, -0.15) is 26.3 Å². The highest BCUT2D eigenvalue weighted by molar-refractivity contribution is 5.91. The van der Waals surface area contributed by atoms with E-state index in [1.54, 1.807) is 5.32 Å². The van der Waals surface area contributed by atoms with Crippen LogP contribution in [0.5, 0.6) is 0 Å². The molecule has 0 spiro atoms. The normalized spacial score (nSPS) is 25.2. The van der Waals surface area contributed by atoms with Gasteiger partial charge in [-0.3, -0.25) is 10.1 Å². The highest BCUT2D eigenvalue weighted by Crippen LogP contribution is 2.29. The number of halogens is 6. The van der Waals surface area contributed by atoms with E-state index >= 15 is 0 Å². The van der Waals surface area contributed by atoms with Gasteiger partial charge in [-0.15, -0.1) is 0 Å². The molecule has 2 N–H and O–H groups in total. The van der Waals surface area contributed by atoms with E-state index in [4.69, 9.17) is 0 Å². The van der Waals surface area contributed by atoms with Gasteiger partial charge in [-0.25, -0.2) is 0 Å². The summed E-state index contributed by atoms with van der Waals surface area (Å²) in [5.41, 5.74) is -2.22. The molecular weight excluding hydrogens is 254 g/mol. The highest BCUT2D eigenvalue weighted by atomic mass is 19.4. The Hall–Kier alpha value is -1.25. The molecule has 9 heteroatoms. The smallest absolute Gasteiger partial charge is 0.331 e. The van der Waals surface area contributed by atoms with Crippen LogP contribution in [0.1, 0.15) is 6.42 Å². The fraction of sp³-hybridized carbons (Fsp3) is 0.625. The van der Waals surface area contributed by atoms with Crippen LogP contribution >= 0.6 is 0 Å². The van der Waals surface area contributed by atoms with Crippen molar-refractivity contribution in [3.05, 3.63) is 12.2 Å². The molecule has 0 radical (unpaired) electrons. The average molecular weight is 262 g/mol. The van der Waals surface area contributed by atoms with Gasteiger partial charge in [0.15, 0.2) is 0 Å². The molecule has 0 aromatic heterocycles. The highest BCUT2D eigenvalue weighted by Gasteiger charge is 2.45. The van der Waals surface area contributed by atoms with Crippen molar-refractivity contribution < 1.29 is 31.1 Å². The molecule has 1 atom stereocenters. The van der Waals surface area contributed by atoms with Crippen molar-refractivity contribution in [2.75, 3.05) is 6.54 Å². The molecule has 1 aliphatic heterocycles. The van der Waals surface area contributed by atoms with Crippen LogP contribution in [0.4, 0.5) is 26.3 Å². The molecule has 17 heavy (non-hydrogen) atoms. The van der Waals surface area contributed by atoms with E-state index in [9.17, 15) is 31.1 Å². The maximum absolute atomic E-state index is 12.2. The first-order valence-corrected chi connectivity index (χ1v) is 4.41. The number of hydrogen-bond acceptors (Lipinski definition) is 2. The second-order valence-corrected chi connectivity index (χ2v) is 3.55. The third kappa shape index (κ3) is 4.63. The zero-order valence-electron chi connectivity index (χ0n) is 8.24. The van der Waals surface area contributed by atoms with Crippen molar-refractivity contribution in [1.82, 2.24) is 10.6 Å². The van der Waals surface area contributed by atoms with Crippen molar-refractivity contribution in [3.8, 4) is 0 Å². The number of carbonyl (C=O) groups excluding carboxylic acids is 1. The first kappa shape index (κ1) is 13.8. The number of rotatable bonds is 3. The van der Waals surface area contributed by atoms with Gasteiger partial charge in [0.25, 0.3) is 0 Å². The third-order valence-electron chi connectivity index (χ3n) is 1.95. The van der Waals surface area contributed by atoms with E-state index in [0.29, 0.717) is 0 Å². The first-order chi connectivity index (χ1) is 7.52. The standard InChI is InChI=1S/C8H8F6N2O/c9-7(10,11)3-6(2-1-5(17)16-6)15-4-8(12,13)14/h1-2,15H,3-4H2,(H,16,17). The topological polar surface area (TPSA) is 41.1 Å². The van der Waals surface area contributed by atoms with Crippen LogP contribution in [0.3, 0.4) is 0 Å². The van der Waals surface area contributed by atoms with Crippen molar-refractivity contribution >= 4 is 5.91 Å². The molecule has 1 rings (SSSR count). The molecule has 0 aliphatic carbocycles. The Morgan fingerprint density at radius 2 is 1.76 bits per heavy atom. The quantitative estimate of drug-likeness (QED) is 0.756. The van der Waals surface area contributed by atoms with Crippen molar-refractivity contribution in [1.29, 1.82) is 0 Å². The van der Waals surface area contributed by atoms with Crippen molar-refractivity contribution in [3.63, 3.8) is 0 Å². The van der Waals surface area contributed by atoms with Crippen molar-refractivity contribution in [2.24, 2.45) is 0 Å². The Balaban J connectivity index is 2.75. The monoisotopic (exact) mass is 262 g/mol. The van der Waals surface area contributed by atoms with E-state index < -0.39 is 36.9 Å². The maximum Gasteiger partial charge on any atom is 0.401 e. The number of hydrogen-bond donors (Lipinski definition) is 2. The fourth-order valence-electron chi connectivity index (χ4n) is 1.36. The molecule has 3 nitrogen and oxygen atoms in total. The Labute approximate surface area is 91.9 Å². The van der Waals surface area contributed by atoms with Gasteiger partial charge in [-0.05, 0) is 6.08 Å². The number of amides is 1. The summed E-state index contributed by atoms with van der Waals surface area (Å²) < 4.78 is 72.4. The lowest BCUT2D eigenvalue weighted by atomic mass is 10.1. The Bertz CT molecular complexity index is 334. The summed E-state index contributed by atoms with van der Waals surface area (Å²) in [6, 6.07) is 0. The van der Waals surface area contributed by atoms with E-state index in [-0.39, 0.29) is 0 Å². The van der Waals surface area contributed by atoms with Crippen LogP contribution in [-0.4, -0.2) is 30.5 Å². The van der Waals surface area contributed by atoms with Gasteiger partial charge in [0, 0.05) is 6.08 Å². The van der Waals surface area contributed by atoms with Gasteiger partial charge in [0.2, 0.25) is 5.91 Å². The van der Waals surface area contributed by atoms with Gasteiger partial charge < -0.3 is 5.32 Å². The van der Waals surface area contributed by atoms with Gasteiger partial charge in [0.1, 0.15) is 5.66 Å². The lowest BCUT2D eigenvalue weighted by molar-refractivity contribution is -0.158. The largest absolute Gasteiger partial charge is 0.401 e. The van der Waals surface area contributed by atoms with Crippen molar-refractivity contribution in [2.45, 2.75) is 24.4 Å². The molecule has 0 fully saturated rings. The van der Waals surface area contributed by atoms with Crippen LogP contribution in [0.2, 0.25) is 0 Å². The van der Waals surface area contributed by atoms with Crippen LogP contribution in [0, 0.1) is 0 Å². The predicted molar refractivity (Wildman–Crippen MR) is 44.7 cm³/mol. The SMILES string of the molecule is O=C1C=CC(CC(F)(F)F)(NCC(F)(F)F)N1. The van der Waals surface area contributed by atoms with E-state index in [2.05, 4.69) is 0 Å². The summed E-state index contributed by atoms with van der Waals surface area (Å²) >= 11 is 0. The van der Waals surface area contributed by atoms with Gasteiger partial charge >= 0.3 is 12.4 Å². The zero-order chi connectivity index (χ0) is 13.3. The molecule has 0 bridgehead atoms. The third-order valence-corrected chi connectivity index (χ3v) is 1.95. The molecule has 0 aromatic carbocycles. The zero-order valence-corrected chi connectivity index (χ0v) is 8.24. The van der Waals surface area contributed by atoms with Gasteiger partial charge in [0.05, 0.1) is 13.0 Å². The molecule has 98 valence electrons. The Kier molecular flexibility index (Phi) is 3.42. The lowest BCUT2D eigenvalue weighted by Gasteiger charge is -2.30. The predicted octanol–water partition coefficient (Wildman–Crippen LogP) is 1.47. The van der Waals surface area contributed by atoms with Crippen LogP contribution < -0.4 is 10.6 Å². The molecule has 1 heterocycles. The van der Waals surface area contributed by atoms with Crippen LogP contribution in [-0.2, 0) is 4.79 Å². The summed E-state index contributed by atoms with van der Waals surface area (Å²) in [6.45, 7) is -1.63. The minimum Gasteiger partial charge on any atom is -0.331 e. The lowest BCUT2D eigenvalue weighted by Crippen LogP contribution is -2.58. The van der Waals surface area contributed by atoms with Crippen LogP contribution in [0.15, 0.2) is 12.2 Å². The average Bonchev–Trinajstić information content (AvgIpc) is 2.41. The molecule has 0 aromatic rings. The minimum atomic E-state index is -4.71. The molecule has 0 saturated carbocycles. The molecular formula is C8H8F6N2O. The summed E-state index contributed by atoms with van der Waals surface area (Å²) in [7, 11) is 0. The summed E-state index contributed by atoms with van der Waals surface area (Å²) in [4.78, 5) is 10.8.